The van der Waals surface area contributed by atoms with Crippen molar-refractivity contribution in [1.82, 2.24) is 5.32 Å². The molecule has 0 atom stereocenters. The first kappa shape index (κ1) is 15.0. The molecule has 118 valence electrons. The van der Waals surface area contributed by atoms with E-state index in [1.807, 2.05) is 24.3 Å². The zero-order valence-corrected chi connectivity index (χ0v) is 12.7. The van der Waals surface area contributed by atoms with Crippen LogP contribution in [0, 0.1) is 11.8 Å². The highest BCUT2D eigenvalue weighted by Gasteiger charge is 2.29. The number of carbonyl (C=O) groups is 2. The van der Waals surface area contributed by atoms with Crippen LogP contribution in [0.1, 0.15) is 32.1 Å². The third kappa shape index (κ3) is 4.31. The quantitative estimate of drug-likeness (QED) is 0.782. The van der Waals surface area contributed by atoms with Crippen LogP contribution in [0.4, 0.5) is 11.4 Å². The molecule has 0 aromatic heterocycles. The Hall–Kier alpha value is -1.88. The number of carbonyl (C=O) groups excluding carboxylic acids is 2. The second-order valence-electron chi connectivity index (χ2n) is 6.29. The summed E-state index contributed by atoms with van der Waals surface area (Å²) >= 11 is 0. The van der Waals surface area contributed by atoms with Gasteiger partial charge in [-0.25, -0.2) is 0 Å². The number of piperidine rings is 1. The molecule has 2 aliphatic rings. The normalized spacial score (nSPS) is 18.7. The first-order valence-electron chi connectivity index (χ1n) is 8.12. The maximum absolute atomic E-state index is 12.0. The molecule has 1 aromatic rings. The largest absolute Gasteiger partial charge is 0.326 e. The molecule has 5 nitrogen and oxygen atoms in total. The summed E-state index contributed by atoms with van der Waals surface area (Å²) in [7, 11) is 0. The predicted octanol–water partition coefficient (Wildman–Crippen LogP) is 2.36. The third-order valence-corrected chi connectivity index (χ3v) is 4.32. The SMILES string of the molecule is O=C(CC1CCNCC1)Nc1ccc(NC(=O)C2CC2)cc1. The molecule has 0 unspecified atom stereocenters. The highest BCUT2D eigenvalue weighted by molar-refractivity contribution is 5.95. The Balaban J connectivity index is 1.47. The minimum atomic E-state index is 0.0710. The van der Waals surface area contributed by atoms with Gasteiger partial charge in [0.2, 0.25) is 11.8 Å². The Bertz CT molecular complexity index is 531. The van der Waals surface area contributed by atoms with E-state index in [1.165, 1.54) is 0 Å². The van der Waals surface area contributed by atoms with Crippen molar-refractivity contribution in [3.63, 3.8) is 0 Å². The van der Waals surface area contributed by atoms with Gasteiger partial charge in [0.15, 0.2) is 0 Å². The average Bonchev–Trinajstić information content (AvgIpc) is 3.35. The minimum Gasteiger partial charge on any atom is -0.326 e. The van der Waals surface area contributed by atoms with Gasteiger partial charge in [-0.3, -0.25) is 9.59 Å². The number of hydrogen-bond acceptors (Lipinski definition) is 3. The zero-order valence-electron chi connectivity index (χ0n) is 12.7. The molecule has 22 heavy (non-hydrogen) atoms. The van der Waals surface area contributed by atoms with Crippen LogP contribution in [0.25, 0.3) is 0 Å². The molecular weight excluding hydrogens is 278 g/mol. The molecule has 0 bridgehead atoms. The van der Waals surface area contributed by atoms with Crippen molar-refractivity contribution in [2.24, 2.45) is 11.8 Å². The van der Waals surface area contributed by atoms with Crippen molar-refractivity contribution < 1.29 is 9.59 Å². The summed E-state index contributed by atoms with van der Waals surface area (Å²) in [6.07, 6.45) is 4.72. The van der Waals surface area contributed by atoms with Crippen molar-refractivity contribution in [2.75, 3.05) is 23.7 Å². The molecule has 2 fully saturated rings. The Morgan fingerprint density at radius 2 is 1.55 bits per heavy atom. The van der Waals surface area contributed by atoms with Crippen LogP contribution in [-0.2, 0) is 9.59 Å². The summed E-state index contributed by atoms with van der Waals surface area (Å²) in [5, 5.41) is 9.13. The molecule has 0 spiro atoms. The summed E-state index contributed by atoms with van der Waals surface area (Å²) in [4.78, 5) is 23.7. The molecule has 3 rings (SSSR count). The Morgan fingerprint density at radius 1 is 0.955 bits per heavy atom. The van der Waals surface area contributed by atoms with Gasteiger partial charge in [0.25, 0.3) is 0 Å². The fraction of sp³-hybridized carbons (Fsp3) is 0.529. The van der Waals surface area contributed by atoms with E-state index in [1.54, 1.807) is 0 Å². The van der Waals surface area contributed by atoms with E-state index in [9.17, 15) is 9.59 Å². The monoisotopic (exact) mass is 301 g/mol. The van der Waals surface area contributed by atoms with Gasteiger partial charge in [0, 0.05) is 23.7 Å². The van der Waals surface area contributed by atoms with E-state index in [4.69, 9.17) is 0 Å². The first-order chi connectivity index (χ1) is 10.7. The van der Waals surface area contributed by atoms with Gasteiger partial charge in [-0.15, -0.1) is 0 Å². The lowest BCUT2D eigenvalue weighted by atomic mass is 9.94. The lowest BCUT2D eigenvalue weighted by Gasteiger charge is -2.21. The van der Waals surface area contributed by atoms with Crippen LogP contribution >= 0.6 is 0 Å². The predicted molar refractivity (Wildman–Crippen MR) is 86.6 cm³/mol. The highest BCUT2D eigenvalue weighted by Crippen LogP contribution is 2.30. The molecular formula is C17H23N3O2. The molecule has 1 saturated heterocycles. The number of hydrogen-bond donors (Lipinski definition) is 3. The van der Waals surface area contributed by atoms with Gasteiger partial charge >= 0.3 is 0 Å². The molecule has 1 heterocycles. The fourth-order valence-electron chi connectivity index (χ4n) is 2.79. The third-order valence-electron chi connectivity index (χ3n) is 4.32. The average molecular weight is 301 g/mol. The zero-order chi connectivity index (χ0) is 15.4. The van der Waals surface area contributed by atoms with Gasteiger partial charge in [-0.1, -0.05) is 0 Å². The minimum absolute atomic E-state index is 0.0710. The van der Waals surface area contributed by atoms with E-state index < -0.39 is 0 Å². The van der Waals surface area contributed by atoms with Gasteiger partial charge in [0.1, 0.15) is 0 Å². The standard InChI is InChI=1S/C17H23N3O2/c21-16(11-12-7-9-18-10-8-12)19-14-3-5-15(6-4-14)20-17(22)13-1-2-13/h3-6,12-13,18H,1-2,7-11H2,(H,19,21)(H,20,22). The summed E-state index contributed by atoms with van der Waals surface area (Å²) in [6, 6.07) is 7.34. The lowest BCUT2D eigenvalue weighted by Crippen LogP contribution is -2.30. The Morgan fingerprint density at radius 3 is 2.14 bits per heavy atom. The fourth-order valence-corrected chi connectivity index (χ4v) is 2.79. The smallest absolute Gasteiger partial charge is 0.227 e. The van der Waals surface area contributed by atoms with Crippen molar-refractivity contribution in [3.8, 4) is 0 Å². The van der Waals surface area contributed by atoms with Crippen LogP contribution in [0.5, 0.6) is 0 Å². The van der Waals surface area contributed by atoms with Gasteiger partial charge < -0.3 is 16.0 Å². The van der Waals surface area contributed by atoms with E-state index in [-0.39, 0.29) is 17.7 Å². The summed E-state index contributed by atoms with van der Waals surface area (Å²) in [5.41, 5.74) is 1.57. The van der Waals surface area contributed by atoms with E-state index in [0.29, 0.717) is 12.3 Å². The van der Waals surface area contributed by atoms with Crippen molar-refractivity contribution in [2.45, 2.75) is 32.1 Å². The number of anilines is 2. The number of rotatable bonds is 5. The van der Waals surface area contributed by atoms with Crippen LogP contribution in [-0.4, -0.2) is 24.9 Å². The van der Waals surface area contributed by atoms with Crippen LogP contribution in [0.3, 0.4) is 0 Å². The van der Waals surface area contributed by atoms with Gasteiger partial charge in [0.05, 0.1) is 0 Å². The van der Waals surface area contributed by atoms with Gasteiger partial charge in [-0.05, 0) is 69.0 Å². The molecule has 1 aromatic carbocycles. The first-order valence-corrected chi connectivity index (χ1v) is 8.12. The van der Waals surface area contributed by atoms with E-state index in [2.05, 4.69) is 16.0 Å². The lowest BCUT2D eigenvalue weighted by molar-refractivity contribution is -0.118. The number of amides is 2. The Labute approximate surface area is 130 Å². The maximum atomic E-state index is 12.0. The summed E-state index contributed by atoms with van der Waals surface area (Å²) < 4.78 is 0. The van der Waals surface area contributed by atoms with Gasteiger partial charge in [-0.2, -0.15) is 0 Å². The Kier molecular flexibility index (Phi) is 4.73. The second-order valence-corrected chi connectivity index (χ2v) is 6.29. The molecule has 5 heteroatoms. The van der Waals surface area contributed by atoms with Crippen LogP contribution in [0.2, 0.25) is 0 Å². The molecule has 2 amide bonds. The van der Waals surface area contributed by atoms with Crippen LogP contribution in [0.15, 0.2) is 24.3 Å². The number of nitrogens with one attached hydrogen (secondary N) is 3. The van der Waals surface area contributed by atoms with Crippen molar-refractivity contribution >= 4 is 23.2 Å². The highest BCUT2D eigenvalue weighted by atomic mass is 16.2. The second kappa shape index (κ2) is 6.92. The van der Waals surface area contributed by atoms with E-state index >= 15 is 0 Å². The summed E-state index contributed by atoms with van der Waals surface area (Å²) in [6.45, 7) is 2.01. The molecule has 1 aliphatic carbocycles. The topological polar surface area (TPSA) is 70.2 Å². The van der Waals surface area contributed by atoms with Crippen molar-refractivity contribution in [3.05, 3.63) is 24.3 Å². The summed E-state index contributed by atoms with van der Waals surface area (Å²) in [5.74, 6) is 0.854. The van der Waals surface area contributed by atoms with E-state index in [0.717, 1.165) is 50.1 Å². The van der Waals surface area contributed by atoms with Crippen molar-refractivity contribution in [1.29, 1.82) is 0 Å². The number of benzene rings is 1. The molecule has 1 aliphatic heterocycles. The molecule has 0 radical (unpaired) electrons. The molecule has 1 saturated carbocycles. The van der Waals surface area contributed by atoms with Crippen LogP contribution < -0.4 is 16.0 Å². The molecule has 3 N–H and O–H groups in total. The maximum Gasteiger partial charge on any atom is 0.227 e.